The van der Waals surface area contributed by atoms with Crippen LogP contribution in [0.4, 0.5) is 5.00 Å². The van der Waals surface area contributed by atoms with E-state index in [0.717, 1.165) is 49.0 Å². The van der Waals surface area contributed by atoms with Gasteiger partial charge in [0, 0.05) is 17.7 Å². The predicted octanol–water partition coefficient (Wildman–Crippen LogP) is 4.70. The van der Waals surface area contributed by atoms with Gasteiger partial charge >= 0.3 is 11.9 Å². The Kier molecular flexibility index (Phi) is 8.64. The van der Waals surface area contributed by atoms with Crippen LogP contribution in [0.5, 0.6) is 0 Å². The summed E-state index contributed by atoms with van der Waals surface area (Å²) in [6.45, 7) is 0.378. The Bertz CT molecular complexity index is 906. The van der Waals surface area contributed by atoms with Crippen LogP contribution in [0.1, 0.15) is 64.9 Å². The van der Waals surface area contributed by atoms with Gasteiger partial charge in [-0.05, 0) is 56.1 Å². The van der Waals surface area contributed by atoms with Gasteiger partial charge in [0.1, 0.15) is 5.00 Å². The number of aryl methyl sites for hydroxylation is 2. The van der Waals surface area contributed by atoms with Crippen LogP contribution in [0, 0.1) is 0 Å². The minimum atomic E-state index is -0.409. The Morgan fingerprint density at radius 1 is 1.03 bits per heavy atom. The molecule has 0 bridgehead atoms. The van der Waals surface area contributed by atoms with Crippen LogP contribution in [0.2, 0.25) is 0 Å². The van der Waals surface area contributed by atoms with E-state index < -0.39 is 5.97 Å². The first-order valence-corrected chi connectivity index (χ1v) is 11.6. The first kappa shape index (κ1) is 23.0. The number of amides is 1. The van der Waals surface area contributed by atoms with Gasteiger partial charge in [-0.1, -0.05) is 30.3 Å². The van der Waals surface area contributed by atoms with Crippen molar-refractivity contribution >= 4 is 34.2 Å². The summed E-state index contributed by atoms with van der Waals surface area (Å²) in [5.41, 5.74) is 2.72. The van der Waals surface area contributed by atoms with E-state index in [4.69, 9.17) is 9.47 Å². The van der Waals surface area contributed by atoms with Gasteiger partial charge in [0.05, 0.1) is 19.3 Å². The SMILES string of the molecule is COC(=O)c1c(NC(=O)CCCC(=O)OCCCc2ccccc2)sc2c1CCCC2. The number of ether oxygens (including phenoxy) is 2. The molecule has 0 aliphatic heterocycles. The highest BCUT2D eigenvalue weighted by Crippen LogP contribution is 2.38. The first-order valence-electron chi connectivity index (χ1n) is 10.8. The lowest BCUT2D eigenvalue weighted by atomic mass is 9.95. The van der Waals surface area contributed by atoms with Crippen LogP contribution in [0.25, 0.3) is 0 Å². The summed E-state index contributed by atoms with van der Waals surface area (Å²) >= 11 is 1.46. The van der Waals surface area contributed by atoms with Crippen molar-refractivity contribution in [2.24, 2.45) is 0 Å². The smallest absolute Gasteiger partial charge is 0.341 e. The fourth-order valence-corrected chi connectivity index (χ4v) is 5.03. The van der Waals surface area contributed by atoms with Crippen molar-refractivity contribution in [1.82, 2.24) is 0 Å². The van der Waals surface area contributed by atoms with E-state index in [-0.39, 0.29) is 24.7 Å². The van der Waals surface area contributed by atoms with Crippen molar-refractivity contribution in [2.75, 3.05) is 19.0 Å². The van der Waals surface area contributed by atoms with Crippen LogP contribution in [0.15, 0.2) is 30.3 Å². The zero-order chi connectivity index (χ0) is 22.1. The molecule has 0 atom stereocenters. The topological polar surface area (TPSA) is 81.7 Å². The largest absolute Gasteiger partial charge is 0.466 e. The lowest BCUT2D eigenvalue weighted by Gasteiger charge is -2.11. The number of fused-ring (bicyclic) bond motifs is 1. The van der Waals surface area contributed by atoms with Gasteiger partial charge in [0.15, 0.2) is 0 Å². The second kappa shape index (κ2) is 11.6. The van der Waals surface area contributed by atoms with Crippen LogP contribution in [-0.2, 0) is 38.3 Å². The van der Waals surface area contributed by atoms with Gasteiger partial charge in [-0.25, -0.2) is 4.79 Å². The standard InChI is InChI=1S/C24H29NO5S/c1-29-24(28)22-18-12-5-6-13-19(18)31-23(22)25-20(26)14-7-15-21(27)30-16-8-11-17-9-3-2-4-10-17/h2-4,9-10H,5-8,11-16H2,1H3,(H,25,26). The maximum Gasteiger partial charge on any atom is 0.341 e. The number of rotatable bonds is 10. The molecule has 0 unspecified atom stereocenters. The molecule has 1 aliphatic carbocycles. The molecular formula is C24H29NO5S. The molecule has 1 N–H and O–H groups in total. The summed E-state index contributed by atoms with van der Waals surface area (Å²) in [6, 6.07) is 10.1. The summed E-state index contributed by atoms with van der Waals surface area (Å²) < 4.78 is 10.2. The number of esters is 2. The van der Waals surface area contributed by atoms with E-state index in [1.807, 2.05) is 18.2 Å². The highest BCUT2D eigenvalue weighted by molar-refractivity contribution is 7.17. The minimum absolute atomic E-state index is 0.197. The van der Waals surface area contributed by atoms with Crippen LogP contribution < -0.4 is 5.32 Å². The molecule has 0 saturated carbocycles. The zero-order valence-electron chi connectivity index (χ0n) is 17.9. The summed E-state index contributed by atoms with van der Waals surface area (Å²) in [7, 11) is 1.35. The number of hydrogen-bond donors (Lipinski definition) is 1. The molecule has 6 nitrogen and oxygen atoms in total. The van der Waals surface area contributed by atoms with Crippen molar-refractivity contribution in [3.8, 4) is 0 Å². The molecule has 3 rings (SSSR count). The molecule has 0 fully saturated rings. The van der Waals surface area contributed by atoms with Crippen molar-refractivity contribution in [1.29, 1.82) is 0 Å². The third-order valence-corrected chi connectivity index (χ3v) is 6.52. The van der Waals surface area contributed by atoms with Gasteiger partial charge in [-0.3, -0.25) is 9.59 Å². The molecule has 0 spiro atoms. The first-order chi connectivity index (χ1) is 15.1. The lowest BCUT2D eigenvalue weighted by molar-refractivity contribution is -0.143. The molecule has 2 aromatic rings. The molecule has 7 heteroatoms. The van der Waals surface area contributed by atoms with Gasteiger partial charge in [-0.2, -0.15) is 0 Å². The second-order valence-electron chi connectivity index (χ2n) is 7.62. The molecule has 1 aliphatic rings. The Hall–Kier alpha value is -2.67. The Morgan fingerprint density at radius 2 is 1.81 bits per heavy atom. The number of benzene rings is 1. The number of methoxy groups -OCH3 is 1. The fraction of sp³-hybridized carbons (Fsp3) is 0.458. The van der Waals surface area contributed by atoms with E-state index in [1.165, 1.54) is 24.0 Å². The average Bonchev–Trinajstić information content (AvgIpc) is 3.14. The number of carbonyl (C=O) groups is 3. The van der Waals surface area contributed by atoms with E-state index in [9.17, 15) is 14.4 Å². The Labute approximate surface area is 186 Å². The average molecular weight is 444 g/mol. The molecule has 0 saturated heterocycles. The summed E-state index contributed by atoms with van der Waals surface area (Å²) in [6.07, 6.45) is 6.33. The number of nitrogens with one attached hydrogen (secondary N) is 1. The van der Waals surface area contributed by atoms with E-state index in [2.05, 4.69) is 17.4 Å². The number of carbonyl (C=O) groups excluding carboxylic acids is 3. The van der Waals surface area contributed by atoms with E-state index >= 15 is 0 Å². The maximum absolute atomic E-state index is 12.4. The number of anilines is 1. The summed E-state index contributed by atoms with van der Waals surface area (Å²) in [5.74, 6) is -0.905. The van der Waals surface area contributed by atoms with Crippen molar-refractivity contribution < 1.29 is 23.9 Å². The predicted molar refractivity (Wildman–Crippen MR) is 121 cm³/mol. The van der Waals surface area contributed by atoms with Gasteiger partial charge in [0.2, 0.25) is 5.91 Å². The monoisotopic (exact) mass is 443 g/mol. The van der Waals surface area contributed by atoms with E-state index in [1.54, 1.807) is 0 Å². The summed E-state index contributed by atoms with van der Waals surface area (Å²) in [4.78, 5) is 37.7. The minimum Gasteiger partial charge on any atom is -0.466 e. The highest BCUT2D eigenvalue weighted by Gasteiger charge is 2.26. The number of thiophene rings is 1. The quantitative estimate of drug-likeness (QED) is 0.425. The third kappa shape index (κ3) is 6.66. The zero-order valence-corrected chi connectivity index (χ0v) is 18.7. The lowest BCUT2D eigenvalue weighted by Crippen LogP contribution is -2.15. The highest BCUT2D eigenvalue weighted by atomic mass is 32.1. The summed E-state index contributed by atoms with van der Waals surface area (Å²) in [5, 5.41) is 3.42. The van der Waals surface area contributed by atoms with Gasteiger partial charge < -0.3 is 14.8 Å². The third-order valence-electron chi connectivity index (χ3n) is 5.31. The number of hydrogen-bond acceptors (Lipinski definition) is 6. The molecule has 0 radical (unpaired) electrons. The van der Waals surface area contributed by atoms with Crippen molar-refractivity contribution in [3.63, 3.8) is 0 Å². The second-order valence-corrected chi connectivity index (χ2v) is 8.72. The molecule has 1 heterocycles. The Balaban J connectivity index is 1.40. The molecule has 1 aromatic heterocycles. The van der Waals surface area contributed by atoms with Gasteiger partial charge in [0.25, 0.3) is 0 Å². The van der Waals surface area contributed by atoms with Crippen molar-refractivity contribution in [2.45, 2.75) is 57.8 Å². The van der Waals surface area contributed by atoms with Crippen LogP contribution >= 0.6 is 11.3 Å². The molecular weight excluding hydrogens is 414 g/mol. The molecule has 1 aromatic carbocycles. The Morgan fingerprint density at radius 3 is 2.58 bits per heavy atom. The van der Waals surface area contributed by atoms with Crippen LogP contribution in [-0.4, -0.2) is 31.6 Å². The molecule has 1 amide bonds. The molecule has 31 heavy (non-hydrogen) atoms. The van der Waals surface area contributed by atoms with Gasteiger partial charge in [-0.15, -0.1) is 11.3 Å². The normalized spacial score (nSPS) is 12.7. The fourth-order valence-electron chi connectivity index (χ4n) is 3.73. The van der Waals surface area contributed by atoms with Crippen LogP contribution in [0.3, 0.4) is 0 Å². The maximum atomic E-state index is 12.4. The van der Waals surface area contributed by atoms with Crippen molar-refractivity contribution in [3.05, 3.63) is 51.9 Å². The van der Waals surface area contributed by atoms with E-state index in [0.29, 0.717) is 23.6 Å². The molecule has 166 valence electrons.